The molecule has 0 radical (unpaired) electrons. The third-order valence-corrected chi connectivity index (χ3v) is 2.02. The number of aromatic nitrogens is 1. The van der Waals surface area contributed by atoms with Crippen molar-refractivity contribution in [2.24, 2.45) is 0 Å². The van der Waals surface area contributed by atoms with Crippen LogP contribution in [0.15, 0.2) is 12.3 Å². The molecule has 1 aromatic rings. The summed E-state index contributed by atoms with van der Waals surface area (Å²) in [6, 6.07) is 0.572. The number of rotatable bonds is 4. The zero-order chi connectivity index (χ0) is 13.1. The van der Waals surface area contributed by atoms with Crippen molar-refractivity contribution < 1.29 is 26.4 Å². The van der Waals surface area contributed by atoms with Gasteiger partial charge in [-0.3, -0.25) is 9.52 Å². The summed E-state index contributed by atoms with van der Waals surface area (Å²) in [5.74, 6) is -0.388. The fourth-order valence-electron chi connectivity index (χ4n) is 0.969. The lowest BCUT2D eigenvalue weighted by molar-refractivity contribution is -0.137. The van der Waals surface area contributed by atoms with Gasteiger partial charge in [-0.1, -0.05) is 0 Å². The topological polar surface area (TPSA) is 88.2 Å². The molecule has 0 aromatic carbocycles. The van der Waals surface area contributed by atoms with Gasteiger partial charge in [0.1, 0.15) is 0 Å². The van der Waals surface area contributed by atoms with Crippen molar-refractivity contribution in [1.29, 1.82) is 0 Å². The van der Waals surface area contributed by atoms with Gasteiger partial charge in [0.15, 0.2) is 5.82 Å². The van der Waals surface area contributed by atoms with Crippen LogP contribution in [-0.2, 0) is 21.9 Å². The quantitative estimate of drug-likeness (QED) is 0.552. The smallest absolute Gasteiger partial charge is 0.326 e. The highest BCUT2D eigenvalue weighted by atomic mass is 32.2. The molecule has 0 atom stereocenters. The van der Waals surface area contributed by atoms with Crippen LogP contribution in [-0.4, -0.2) is 19.8 Å². The lowest BCUT2D eigenvalue weighted by Gasteiger charge is -2.10. The summed E-state index contributed by atoms with van der Waals surface area (Å²) in [5.41, 5.74) is -1.48. The maximum absolute atomic E-state index is 12.3. The first kappa shape index (κ1) is 13.2. The van der Waals surface area contributed by atoms with Crippen molar-refractivity contribution in [3.63, 3.8) is 0 Å². The molecule has 2 N–H and O–H groups in total. The maximum Gasteiger partial charge on any atom is 0.417 e. The van der Waals surface area contributed by atoms with Gasteiger partial charge in [-0.05, 0) is 6.07 Å². The van der Waals surface area contributed by atoms with Gasteiger partial charge in [0, 0.05) is 6.20 Å². The van der Waals surface area contributed by atoms with E-state index in [1.165, 1.54) is 0 Å². The number of thiol groups is 1. The van der Waals surface area contributed by atoms with E-state index in [0.717, 1.165) is 0 Å². The number of nitrogens with one attached hydrogen (secondary N) is 2. The van der Waals surface area contributed by atoms with Crippen LogP contribution in [0.3, 0.4) is 0 Å². The Kier molecular flexibility index (Phi) is 3.89. The number of carbonyl (C=O) groups excluding carboxylic acids is 1. The van der Waals surface area contributed by atoms with Gasteiger partial charge in [-0.15, -0.1) is 0 Å². The SMILES string of the molecule is O=CNc1cc(C(F)(F)F)cnc1N[SH](=O)=O. The summed E-state index contributed by atoms with van der Waals surface area (Å²) >= 11 is 0. The van der Waals surface area contributed by atoms with Crippen LogP contribution in [0.4, 0.5) is 24.7 Å². The number of pyridine rings is 1. The average Bonchev–Trinajstić information content (AvgIpc) is 2.18. The molecule has 94 valence electrons. The molecular weight excluding hydrogens is 263 g/mol. The van der Waals surface area contributed by atoms with Crippen LogP contribution in [0, 0.1) is 0 Å². The Balaban J connectivity index is 3.20. The fraction of sp³-hybridized carbons (Fsp3) is 0.143. The van der Waals surface area contributed by atoms with Crippen molar-refractivity contribution in [3.05, 3.63) is 17.8 Å². The third kappa shape index (κ3) is 3.59. The largest absolute Gasteiger partial charge is 0.417 e. The van der Waals surface area contributed by atoms with E-state index in [9.17, 15) is 26.4 Å². The zero-order valence-corrected chi connectivity index (χ0v) is 8.88. The van der Waals surface area contributed by atoms with Crippen LogP contribution in [0.2, 0.25) is 0 Å². The highest BCUT2D eigenvalue weighted by Crippen LogP contribution is 2.32. The van der Waals surface area contributed by atoms with E-state index in [0.29, 0.717) is 12.3 Å². The second kappa shape index (κ2) is 4.99. The number of amides is 1. The highest BCUT2D eigenvalue weighted by Gasteiger charge is 2.31. The van der Waals surface area contributed by atoms with Gasteiger partial charge >= 0.3 is 6.18 Å². The molecule has 0 unspecified atom stereocenters. The van der Waals surface area contributed by atoms with Crippen LogP contribution in [0.5, 0.6) is 0 Å². The van der Waals surface area contributed by atoms with E-state index in [2.05, 4.69) is 4.98 Å². The molecule has 0 spiro atoms. The van der Waals surface area contributed by atoms with Crippen LogP contribution in [0.25, 0.3) is 0 Å². The Bertz CT molecular complexity index is 493. The minimum atomic E-state index is -4.63. The molecule has 0 aliphatic rings. The van der Waals surface area contributed by atoms with Crippen molar-refractivity contribution in [1.82, 2.24) is 4.98 Å². The molecular formula is C7H6F3N3O3S. The molecule has 1 aromatic heterocycles. The minimum Gasteiger partial charge on any atom is -0.326 e. The number of anilines is 2. The second-order valence-corrected chi connectivity index (χ2v) is 3.49. The fourth-order valence-corrected chi connectivity index (χ4v) is 1.32. The molecule has 17 heavy (non-hydrogen) atoms. The summed E-state index contributed by atoms with van der Waals surface area (Å²) in [6.45, 7) is 0. The number of carbonyl (C=O) groups is 1. The Morgan fingerprint density at radius 3 is 2.47 bits per heavy atom. The van der Waals surface area contributed by atoms with Gasteiger partial charge in [-0.25, -0.2) is 13.4 Å². The van der Waals surface area contributed by atoms with Crippen LogP contribution >= 0.6 is 0 Å². The molecule has 1 amide bonds. The average molecular weight is 269 g/mol. The number of hydrogen-bond donors (Lipinski definition) is 3. The first-order valence-corrected chi connectivity index (χ1v) is 5.21. The third-order valence-electron chi connectivity index (χ3n) is 1.63. The van der Waals surface area contributed by atoms with Gasteiger partial charge in [0.25, 0.3) is 0 Å². The first-order chi connectivity index (χ1) is 7.84. The first-order valence-electron chi connectivity index (χ1n) is 4.03. The summed E-state index contributed by atoms with van der Waals surface area (Å²) in [7, 11) is -3.09. The van der Waals surface area contributed by atoms with Crippen molar-refractivity contribution in [2.45, 2.75) is 6.18 Å². The normalized spacial score (nSPS) is 11.3. The Morgan fingerprint density at radius 2 is 2.00 bits per heavy atom. The number of halogens is 3. The highest BCUT2D eigenvalue weighted by molar-refractivity contribution is 7.73. The van der Waals surface area contributed by atoms with Gasteiger partial charge in [0.05, 0.1) is 11.3 Å². The molecule has 0 saturated carbocycles. The maximum atomic E-state index is 12.3. The monoisotopic (exact) mass is 269 g/mol. The predicted molar refractivity (Wildman–Crippen MR) is 52.9 cm³/mol. The molecule has 1 rings (SSSR count). The lowest BCUT2D eigenvalue weighted by atomic mass is 10.2. The molecule has 0 aliphatic heterocycles. The molecule has 1 heterocycles. The Labute approximate surface area is 94.9 Å². The van der Waals surface area contributed by atoms with Gasteiger partial charge in [-0.2, -0.15) is 13.2 Å². The van der Waals surface area contributed by atoms with E-state index in [4.69, 9.17) is 0 Å². The number of nitrogens with zero attached hydrogens (tertiary/aromatic N) is 1. The minimum absolute atomic E-state index is 0.111. The molecule has 0 aliphatic carbocycles. The molecule has 6 nitrogen and oxygen atoms in total. The standard InChI is InChI=1S/C7H6F3N3O3S/c8-7(9,10)4-1-5(12-3-14)6(11-2-4)13-17(15)16/h1-3,17H,(H,12,14)(H,11,13,15,16). The van der Waals surface area contributed by atoms with Crippen molar-refractivity contribution in [2.75, 3.05) is 10.0 Å². The van der Waals surface area contributed by atoms with Gasteiger partial charge < -0.3 is 5.32 Å². The molecule has 0 saturated heterocycles. The van der Waals surface area contributed by atoms with E-state index < -0.39 is 22.6 Å². The van der Waals surface area contributed by atoms with E-state index in [1.54, 1.807) is 4.72 Å². The predicted octanol–water partition coefficient (Wildman–Crippen LogP) is 0.607. The number of alkyl halides is 3. The lowest BCUT2D eigenvalue weighted by Crippen LogP contribution is -2.10. The van der Waals surface area contributed by atoms with E-state index in [-0.39, 0.29) is 17.9 Å². The summed E-state index contributed by atoms with van der Waals surface area (Å²) in [4.78, 5) is 13.4. The molecule has 0 bridgehead atoms. The second-order valence-electron chi connectivity index (χ2n) is 2.75. The van der Waals surface area contributed by atoms with Crippen LogP contribution < -0.4 is 10.0 Å². The summed E-state index contributed by atoms with van der Waals surface area (Å²) in [5, 5.41) is 1.92. The van der Waals surface area contributed by atoms with Crippen LogP contribution in [0.1, 0.15) is 5.56 Å². The number of hydrogen-bond acceptors (Lipinski definition) is 4. The van der Waals surface area contributed by atoms with E-state index >= 15 is 0 Å². The summed E-state index contributed by atoms with van der Waals surface area (Å²) in [6.07, 6.45) is -4.07. The Hall–Kier alpha value is -1.84. The zero-order valence-electron chi connectivity index (χ0n) is 7.99. The Morgan fingerprint density at radius 1 is 1.35 bits per heavy atom. The van der Waals surface area contributed by atoms with E-state index in [1.807, 2.05) is 5.32 Å². The summed E-state index contributed by atoms with van der Waals surface area (Å²) < 4.78 is 59.4. The molecule has 0 fully saturated rings. The molecule has 10 heteroatoms. The van der Waals surface area contributed by atoms with Crippen molar-refractivity contribution in [3.8, 4) is 0 Å². The van der Waals surface area contributed by atoms with Crippen molar-refractivity contribution >= 4 is 28.8 Å². The van der Waals surface area contributed by atoms with Gasteiger partial charge in [0.2, 0.25) is 17.3 Å².